The number of hydrogen-bond donors (Lipinski definition) is 0. The maximum atomic E-state index is 12.9. The molecule has 4 rings (SSSR count). The van der Waals surface area contributed by atoms with Gasteiger partial charge in [-0.15, -0.1) is 0 Å². The number of aryl methyl sites for hydroxylation is 1. The van der Waals surface area contributed by atoms with Crippen molar-refractivity contribution < 1.29 is 0 Å². The van der Waals surface area contributed by atoms with Crippen LogP contribution in [0, 0.1) is 0 Å². The third-order valence-corrected chi connectivity index (χ3v) is 4.55. The summed E-state index contributed by atoms with van der Waals surface area (Å²) in [7, 11) is 0. The number of hydrogen-bond acceptors (Lipinski definition) is 3. The van der Waals surface area contributed by atoms with Gasteiger partial charge in [-0.3, -0.25) is 9.59 Å². The molecule has 0 aliphatic rings. The Labute approximate surface area is 150 Å². The third-order valence-electron chi connectivity index (χ3n) is 4.55. The van der Waals surface area contributed by atoms with Crippen LogP contribution in [-0.4, -0.2) is 14.1 Å². The largest absolute Gasteiger partial charge is 0.315 e. The summed E-state index contributed by atoms with van der Waals surface area (Å²) in [6.07, 6.45) is 4.40. The second-order valence-electron chi connectivity index (χ2n) is 6.40. The van der Waals surface area contributed by atoms with E-state index in [9.17, 15) is 9.59 Å². The van der Waals surface area contributed by atoms with Crippen molar-refractivity contribution >= 4 is 21.8 Å². The zero-order chi connectivity index (χ0) is 18.1. The molecule has 1 aromatic carbocycles. The summed E-state index contributed by atoms with van der Waals surface area (Å²) in [6, 6.07) is 15.2. The Morgan fingerprint density at radius 2 is 1.46 bits per heavy atom. The van der Waals surface area contributed by atoms with E-state index in [0.29, 0.717) is 34.9 Å². The fourth-order valence-corrected chi connectivity index (χ4v) is 3.23. The molecule has 0 amide bonds. The first-order valence-corrected chi connectivity index (χ1v) is 8.74. The molecule has 0 atom stereocenters. The van der Waals surface area contributed by atoms with E-state index < -0.39 is 0 Å². The second-order valence-corrected chi connectivity index (χ2v) is 6.40. The van der Waals surface area contributed by atoms with Gasteiger partial charge >= 0.3 is 0 Å². The summed E-state index contributed by atoms with van der Waals surface area (Å²) >= 11 is 0. The number of benzene rings is 1. The lowest BCUT2D eigenvalue weighted by atomic mass is 10.1. The minimum atomic E-state index is -0.133. The molecule has 0 aliphatic carbocycles. The molecule has 0 radical (unpaired) electrons. The van der Waals surface area contributed by atoms with Crippen molar-refractivity contribution in [3.05, 3.63) is 87.2 Å². The maximum absolute atomic E-state index is 12.9. The topological polar surface area (TPSA) is 56.9 Å². The molecule has 0 aliphatic heterocycles. The van der Waals surface area contributed by atoms with E-state index in [1.807, 2.05) is 49.4 Å². The minimum absolute atomic E-state index is 0.100. The molecule has 0 saturated heterocycles. The average Bonchev–Trinajstić information content (AvgIpc) is 2.67. The van der Waals surface area contributed by atoms with Crippen molar-refractivity contribution in [1.29, 1.82) is 0 Å². The first kappa shape index (κ1) is 16.3. The lowest BCUT2D eigenvalue weighted by Gasteiger charge is -2.09. The summed E-state index contributed by atoms with van der Waals surface area (Å²) in [5.74, 6) is 0. The van der Waals surface area contributed by atoms with Gasteiger partial charge in [0.05, 0.1) is 28.4 Å². The molecule has 5 heteroatoms. The van der Waals surface area contributed by atoms with Gasteiger partial charge in [0, 0.05) is 18.9 Å². The van der Waals surface area contributed by atoms with Crippen LogP contribution in [0.1, 0.15) is 18.9 Å². The van der Waals surface area contributed by atoms with Crippen LogP contribution in [0.25, 0.3) is 21.8 Å². The van der Waals surface area contributed by atoms with E-state index in [1.54, 1.807) is 27.6 Å². The Kier molecular flexibility index (Phi) is 4.13. The van der Waals surface area contributed by atoms with Crippen LogP contribution in [0.4, 0.5) is 0 Å². The summed E-state index contributed by atoms with van der Waals surface area (Å²) in [5.41, 5.74) is 2.05. The highest BCUT2D eigenvalue weighted by atomic mass is 16.1. The molecular formula is C21H19N3O2. The quantitative estimate of drug-likeness (QED) is 0.534. The van der Waals surface area contributed by atoms with Gasteiger partial charge in [-0.1, -0.05) is 37.3 Å². The fourth-order valence-electron chi connectivity index (χ4n) is 3.23. The molecule has 26 heavy (non-hydrogen) atoms. The second kappa shape index (κ2) is 6.59. The normalized spacial score (nSPS) is 11.3. The smallest absolute Gasteiger partial charge is 0.260 e. The maximum Gasteiger partial charge on any atom is 0.260 e. The molecule has 0 fully saturated rings. The molecule has 0 N–H and O–H groups in total. The zero-order valence-electron chi connectivity index (χ0n) is 14.6. The first-order chi connectivity index (χ1) is 12.7. The molecule has 3 aromatic heterocycles. The summed E-state index contributed by atoms with van der Waals surface area (Å²) < 4.78 is 3.32. The van der Waals surface area contributed by atoms with E-state index >= 15 is 0 Å². The Morgan fingerprint density at radius 1 is 0.846 bits per heavy atom. The minimum Gasteiger partial charge on any atom is -0.315 e. The van der Waals surface area contributed by atoms with Gasteiger partial charge in [0.15, 0.2) is 0 Å². The highest BCUT2D eigenvalue weighted by Crippen LogP contribution is 2.14. The van der Waals surface area contributed by atoms with Crippen LogP contribution in [0.2, 0.25) is 0 Å². The molecule has 3 heterocycles. The predicted octanol–water partition coefficient (Wildman–Crippen LogP) is 3.17. The molecule has 0 spiro atoms. The molecule has 130 valence electrons. The highest BCUT2D eigenvalue weighted by Gasteiger charge is 2.10. The Morgan fingerprint density at radius 3 is 2.12 bits per heavy atom. The van der Waals surface area contributed by atoms with Crippen molar-refractivity contribution in [1.82, 2.24) is 14.1 Å². The highest BCUT2D eigenvalue weighted by molar-refractivity contribution is 5.91. The fraction of sp³-hybridized carbons (Fsp3) is 0.190. The van der Waals surface area contributed by atoms with Crippen molar-refractivity contribution in [2.24, 2.45) is 0 Å². The van der Waals surface area contributed by atoms with E-state index in [1.165, 1.54) is 0 Å². The Bertz CT molecular complexity index is 1210. The molecule has 0 bridgehead atoms. The van der Waals surface area contributed by atoms with Crippen LogP contribution in [0.5, 0.6) is 0 Å². The van der Waals surface area contributed by atoms with Crippen LogP contribution in [0.15, 0.2) is 70.5 Å². The summed E-state index contributed by atoms with van der Waals surface area (Å²) in [5, 5.41) is 0.963. The molecular weight excluding hydrogens is 326 g/mol. The van der Waals surface area contributed by atoms with Crippen molar-refractivity contribution in [2.45, 2.75) is 26.4 Å². The monoisotopic (exact) mass is 345 g/mol. The lowest BCUT2D eigenvalue weighted by Crippen LogP contribution is -2.22. The lowest BCUT2D eigenvalue weighted by molar-refractivity contribution is 0.659. The average molecular weight is 345 g/mol. The van der Waals surface area contributed by atoms with Crippen molar-refractivity contribution in [3.8, 4) is 0 Å². The van der Waals surface area contributed by atoms with E-state index in [-0.39, 0.29) is 11.1 Å². The molecule has 0 saturated carbocycles. The van der Waals surface area contributed by atoms with Crippen LogP contribution >= 0.6 is 0 Å². The molecule has 4 aromatic rings. The Hall–Kier alpha value is -3.21. The van der Waals surface area contributed by atoms with E-state index in [2.05, 4.69) is 4.98 Å². The first-order valence-electron chi connectivity index (χ1n) is 8.74. The van der Waals surface area contributed by atoms with Crippen LogP contribution in [0.3, 0.4) is 0 Å². The van der Waals surface area contributed by atoms with Gasteiger partial charge in [-0.25, -0.2) is 4.98 Å². The number of pyridine rings is 3. The predicted molar refractivity (Wildman–Crippen MR) is 104 cm³/mol. The van der Waals surface area contributed by atoms with Gasteiger partial charge < -0.3 is 9.13 Å². The summed E-state index contributed by atoms with van der Waals surface area (Å²) in [6.45, 7) is 3.17. The van der Waals surface area contributed by atoms with Crippen LogP contribution in [-0.2, 0) is 13.1 Å². The standard InChI is InChI=1S/C21H19N3O2/c1-2-10-23-11-8-18-16(20(23)25)13-17-19(22-18)9-12-24(21(17)26)14-15-6-4-3-5-7-15/h3-9,11-13H,2,10,14H2,1H3. The summed E-state index contributed by atoms with van der Waals surface area (Å²) in [4.78, 5) is 30.1. The number of nitrogens with zero attached hydrogens (tertiary/aromatic N) is 3. The van der Waals surface area contributed by atoms with Gasteiger partial charge in [0.2, 0.25) is 0 Å². The number of aromatic nitrogens is 3. The van der Waals surface area contributed by atoms with Gasteiger partial charge in [0.1, 0.15) is 0 Å². The number of rotatable bonds is 4. The van der Waals surface area contributed by atoms with Gasteiger partial charge in [-0.2, -0.15) is 0 Å². The zero-order valence-corrected chi connectivity index (χ0v) is 14.6. The molecule has 0 unspecified atom stereocenters. The van der Waals surface area contributed by atoms with Crippen LogP contribution < -0.4 is 11.1 Å². The third kappa shape index (κ3) is 2.81. The Balaban J connectivity index is 1.90. The van der Waals surface area contributed by atoms with E-state index in [4.69, 9.17) is 0 Å². The van der Waals surface area contributed by atoms with Crippen molar-refractivity contribution in [2.75, 3.05) is 0 Å². The number of fused-ring (bicyclic) bond motifs is 2. The van der Waals surface area contributed by atoms with Crippen molar-refractivity contribution in [3.63, 3.8) is 0 Å². The molecule has 5 nitrogen and oxygen atoms in total. The van der Waals surface area contributed by atoms with Gasteiger partial charge in [0.25, 0.3) is 11.1 Å². The SMILES string of the molecule is CCCn1ccc2nc3ccn(Cc4ccccc4)c(=O)c3cc2c1=O. The van der Waals surface area contributed by atoms with E-state index in [0.717, 1.165) is 12.0 Å². The van der Waals surface area contributed by atoms with Gasteiger partial charge in [-0.05, 0) is 30.2 Å².